The molecular weight excluding hydrogens is 290 g/mol. The van der Waals surface area contributed by atoms with Crippen molar-refractivity contribution < 1.29 is 29.0 Å². The van der Waals surface area contributed by atoms with Crippen LogP contribution in [0.4, 0.5) is 15.3 Å². The molecule has 110 valence electrons. The van der Waals surface area contributed by atoms with Crippen molar-refractivity contribution in [2.45, 2.75) is 6.92 Å². The third-order valence-electron chi connectivity index (χ3n) is 2.05. The fourth-order valence-corrected chi connectivity index (χ4v) is 1.15. The zero-order chi connectivity index (χ0) is 15.7. The normalized spacial score (nSPS) is 8.80. The van der Waals surface area contributed by atoms with Crippen molar-refractivity contribution in [1.29, 1.82) is 0 Å². The number of nitrogens with one attached hydrogen (secondary N) is 1. The summed E-state index contributed by atoms with van der Waals surface area (Å²) in [5.41, 5.74) is 0.524. The molecule has 0 aliphatic rings. The summed E-state index contributed by atoms with van der Waals surface area (Å²) >= 11 is 4.60. The average molecular weight is 304 g/mol. The van der Waals surface area contributed by atoms with Gasteiger partial charge in [-0.1, -0.05) is 0 Å². The Balaban J connectivity index is 0.000000621. The molecule has 1 amide bonds. The molecule has 0 bridgehead atoms. The molecule has 0 atom stereocenters. The van der Waals surface area contributed by atoms with Gasteiger partial charge in [0.25, 0.3) is 0 Å². The fraction of sp³-hybridized carbons (Fsp3) is 0.250. The highest BCUT2D eigenvalue weighted by Crippen LogP contribution is 2.15. The van der Waals surface area contributed by atoms with Crippen LogP contribution in [0.5, 0.6) is 0 Å². The third kappa shape index (κ3) is 6.60. The number of ether oxygens (including phenoxy) is 2. The zero-order valence-corrected chi connectivity index (χ0v) is 11.9. The first-order valence-corrected chi connectivity index (χ1v) is 5.62. The van der Waals surface area contributed by atoms with Crippen molar-refractivity contribution in [1.82, 2.24) is 0 Å². The average Bonchev–Trinajstić information content (AvgIpc) is 2.38. The minimum Gasteiger partial charge on any atom is -0.478 e. The van der Waals surface area contributed by atoms with Gasteiger partial charge in [-0.15, -0.1) is 0 Å². The van der Waals surface area contributed by atoms with E-state index in [2.05, 4.69) is 26.4 Å². The number of amides is 1. The molecule has 0 aromatic heterocycles. The van der Waals surface area contributed by atoms with Crippen LogP contribution < -0.4 is 5.32 Å². The number of carboxylic acids is 1. The highest BCUT2D eigenvalue weighted by molar-refractivity contribution is 6.61. The molecule has 0 saturated heterocycles. The second-order valence-electron chi connectivity index (χ2n) is 3.39. The van der Waals surface area contributed by atoms with E-state index < -0.39 is 17.5 Å². The van der Waals surface area contributed by atoms with Crippen LogP contribution in [0.1, 0.15) is 15.9 Å². The van der Waals surface area contributed by atoms with Crippen LogP contribution in [0.2, 0.25) is 0 Å². The van der Waals surface area contributed by atoms with E-state index in [-0.39, 0.29) is 5.56 Å². The number of hydrogen-bond donors (Lipinski definition) is 2. The molecule has 1 rings (SSSR count). The van der Waals surface area contributed by atoms with Gasteiger partial charge in [-0.2, -0.15) is 0 Å². The monoisotopic (exact) mass is 303 g/mol. The Morgan fingerprint density at radius 1 is 1.20 bits per heavy atom. The van der Waals surface area contributed by atoms with Gasteiger partial charge in [0.05, 0.1) is 19.8 Å². The van der Waals surface area contributed by atoms with Gasteiger partial charge in [0, 0.05) is 17.3 Å². The number of methoxy groups -OCH3 is 2. The smallest absolute Gasteiger partial charge is 0.411 e. The lowest BCUT2D eigenvalue weighted by atomic mass is 10.1. The van der Waals surface area contributed by atoms with Gasteiger partial charge in [-0.3, -0.25) is 5.32 Å². The molecule has 0 aliphatic heterocycles. The fourth-order valence-electron chi connectivity index (χ4n) is 1.15. The van der Waals surface area contributed by atoms with E-state index in [4.69, 9.17) is 5.11 Å². The second kappa shape index (κ2) is 8.76. The van der Waals surface area contributed by atoms with Gasteiger partial charge in [-0.25, -0.2) is 14.4 Å². The maximum absolute atomic E-state index is 10.9. The summed E-state index contributed by atoms with van der Waals surface area (Å²) < 4.78 is 8.28. The number of rotatable bonds is 2. The summed E-state index contributed by atoms with van der Waals surface area (Å²) in [6, 6.07) is 4.51. The van der Waals surface area contributed by atoms with E-state index >= 15 is 0 Å². The van der Waals surface area contributed by atoms with E-state index in [0.29, 0.717) is 11.3 Å². The molecule has 1 aromatic carbocycles. The Morgan fingerprint density at radius 2 is 1.75 bits per heavy atom. The summed E-state index contributed by atoms with van der Waals surface area (Å²) in [5, 5.41) is 11.2. The molecule has 20 heavy (non-hydrogen) atoms. The van der Waals surface area contributed by atoms with Gasteiger partial charge in [0.2, 0.25) is 0 Å². The van der Waals surface area contributed by atoms with Crippen LogP contribution in [0.25, 0.3) is 0 Å². The summed E-state index contributed by atoms with van der Waals surface area (Å²) in [5.74, 6) is -0.989. The molecule has 1 aromatic rings. The SMILES string of the molecule is COC(=O)Cl.COC(=O)Nc1ccc(C(=O)O)c(C)c1. The molecule has 0 unspecified atom stereocenters. The zero-order valence-electron chi connectivity index (χ0n) is 11.1. The topological polar surface area (TPSA) is 102 Å². The Bertz CT molecular complexity index is 503. The molecule has 0 radical (unpaired) electrons. The predicted octanol–water partition coefficient (Wildman–Crippen LogP) is 2.86. The minimum atomic E-state index is -0.989. The standard InChI is InChI=1S/C10H11NO4.C2H3ClO2/c1-6-5-7(11-10(14)15-2)3-4-8(6)9(12)13;1-5-2(3)4/h3-5H,1-2H3,(H,11,14)(H,12,13);1H3. The molecule has 7 nitrogen and oxygen atoms in total. The summed E-state index contributed by atoms with van der Waals surface area (Å²) in [7, 11) is 2.48. The lowest BCUT2D eigenvalue weighted by molar-refractivity contribution is 0.0696. The van der Waals surface area contributed by atoms with Crippen LogP contribution in [0, 0.1) is 6.92 Å². The van der Waals surface area contributed by atoms with E-state index in [9.17, 15) is 14.4 Å². The number of benzene rings is 1. The van der Waals surface area contributed by atoms with Crippen molar-refractivity contribution in [3.63, 3.8) is 0 Å². The first-order valence-electron chi connectivity index (χ1n) is 5.24. The summed E-state index contributed by atoms with van der Waals surface area (Å²) in [6.07, 6.45) is -0.586. The molecule has 0 spiro atoms. The quantitative estimate of drug-likeness (QED) is 0.814. The van der Waals surface area contributed by atoms with E-state index in [0.717, 1.165) is 0 Å². The first-order chi connectivity index (χ1) is 9.31. The van der Waals surface area contributed by atoms with Crippen molar-refractivity contribution in [3.8, 4) is 0 Å². The molecule has 2 N–H and O–H groups in total. The predicted molar refractivity (Wildman–Crippen MR) is 72.4 cm³/mol. The number of hydrogen-bond acceptors (Lipinski definition) is 5. The van der Waals surface area contributed by atoms with Crippen LogP contribution in [0.3, 0.4) is 0 Å². The van der Waals surface area contributed by atoms with E-state index in [1.807, 2.05) is 0 Å². The summed E-state index contributed by atoms with van der Waals surface area (Å²) in [6.45, 7) is 1.66. The molecule has 8 heteroatoms. The number of halogens is 1. The molecule has 0 fully saturated rings. The Kier molecular flexibility index (Phi) is 7.76. The highest BCUT2D eigenvalue weighted by Gasteiger charge is 2.08. The lowest BCUT2D eigenvalue weighted by Crippen LogP contribution is -2.11. The Labute approximate surface area is 120 Å². The Hall–Kier alpha value is -2.28. The van der Waals surface area contributed by atoms with Crippen molar-refractivity contribution >= 4 is 34.8 Å². The second-order valence-corrected chi connectivity index (χ2v) is 3.70. The maximum atomic E-state index is 10.9. The molecular formula is C12H14ClNO6. The van der Waals surface area contributed by atoms with Gasteiger partial charge < -0.3 is 14.6 Å². The molecule has 0 saturated carbocycles. The largest absolute Gasteiger partial charge is 0.478 e. The number of anilines is 1. The van der Waals surface area contributed by atoms with Crippen molar-refractivity contribution in [2.24, 2.45) is 0 Å². The molecule has 0 heterocycles. The maximum Gasteiger partial charge on any atom is 0.411 e. The van der Waals surface area contributed by atoms with Gasteiger partial charge >= 0.3 is 17.5 Å². The van der Waals surface area contributed by atoms with Crippen LogP contribution in [0.15, 0.2) is 18.2 Å². The van der Waals surface area contributed by atoms with Crippen LogP contribution in [-0.4, -0.2) is 36.8 Å². The van der Waals surface area contributed by atoms with Gasteiger partial charge in [0.1, 0.15) is 0 Å². The lowest BCUT2D eigenvalue weighted by Gasteiger charge is -2.06. The van der Waals surface area contributed by atoms with Crippen molar-refractivity contribution in [2.75, 3.05) is 19.5 Å². The molecule has 0 aliphatic carbocycles. The third-order valence-corrected chi connectivity index (χ3v) is 2.20. The highest BCUT2D eigenvalue weighted by atomic mass is 35.5. The van der Waals surface area contributed by atoms with Crippen molar-refractivity contribution in [3.05, 3.63) is 29.3 Å². The Morgan fingerprint density at radius 3 is 2.10 bits per heavy atom. The number of carboxylic acid groups (broad SMARTS) is 1. The minimum absolute atomic E-state index is 0.213. The number of aromatic carboxylic acids is 1. The van der Waals surface area contributed by atoms with E-state index in [1.54, 1.807) is 13.0 Å². The number of carbonyl (C=O) groups excluding carboxylic acids is 2. The van der Waals surface area contributed by atoms with E-state index in [1.165, 1.54) is 26.4 Å². The number of aryl methyl sites for hydroxylation is 1. The number of carbonyl (C=O) groups is 3. The van der Waals surface area contributed by atoms with Crippen LogP contribution in [-0.2, 0) is 9.47 Å². The first kappa shape index (κ1) is 17.7. The van der Waals surface area contributed by atoms with Gasteiger partial charge in [0.15, 0.2) is 0 Å². The van der Waals surface area contributed by atoms with Gasteiger partial charge in [-0.05, 0) is 30.7 Å². The van der Waals surface area contributed by atoms with Crippen LogP contribution >= 0.6 is 11.6 Å². The summed E-state index contributed by atoms with van der Waals surface area (Å²) in [4.78, 5) is 30.9.